The molecule has 10 heteroatoms. The molecule has 0 aromatic heterocycles. The van der Waals surface area contributed by atoms with Crippen LogP contribution in [0.15, 0.2) is 67.3 Å². The second-order valence-electron chi connectivity index (χ2n) is 10.7. The van der Waals surface area contributed by atoms with E-state index in [1.54, 1.807) is 70.2 Å². The number of hydrogen-bond donors (Lipinski definition) is 0. The molecular formula is C35H37O9P. The first kappa shape index (κ1) is 34.9. The van der Waals surface area contributed by atoms with Gasteiger partial charge < -0.3 is 18.8 Å². The maximum absolute atomic E-state index is 14.8. The summed E-state index contributed by atoms with van der Waals surface area (Å²) in [5.41, 5.74) is 2.78. The van der Waals surface area contributed by atoms with Gasteiger partial charge in [0, 0.05) is 22.5 Å². The van der Waals surface area contributed by atoms with E-state index in [1.165, 1.54) is 0 Å². The van der Waals surface area contributed by atoms with Crippen LogP contribution in [0.5, 0.6) is 0 Å². The number of hydrogen-bond acceptors (Lipinski definition) is 9. The normalized spacial score (nSPS) is 12.0. The van der Waals surface area contributed by atoms with Gasteiger partial charge in [0.1, 0.15) is 19.8 Å². The fourth-order valence-electron chi connectivity index (χ4n) is 5.14. The van der Waals surface area contributed by atoms with Crippen LogP contribution in [-0.2, 0) is 39.8 Å². The maximum Gasteiger partial charge on any atom is 0.330 e. The van der Waals surface area contributed by atoms with Gasteiger partial charge in [0.15, 0.2) is 0 Å². The molecule has 1 unspecified atom stereocenters. The van der Waals surface area contributed by atoms with Gasteiger partial charge in [-0.1, -0.05) is 66.7 Å². The summed E-state index contributed by atoms with van der Waals surface area (Å²) in [7, 11) is -4.34. The highest BCUT2D eigenvalue weighted by molar-refractivity contribution is 8.01. The first-order valence-electron chi connectivity index (χ1n) is 14.3. The Morgan fingerprint density at radius 3 is 1.67 bits per heavy atom. The first-order chi connectivity index (χ1) is 21.3. The highest BCUT2D eigenvalue weighted by Gasteiger charge is 2.44. The SMILES string of the molecule is C=CC(=O)OCCOC(=O)CCC(=O)OCc1cc(C)c(C(=O)P(=O)(C(=O)c2c(C)cc(C)cc2C)c2ccccc2)c(C)c1. The van der Waals surface area contributed by atoms with E-state index in [4.69, 9.17) is 14.2 Å². The van der Waals surface area contributed by atoms with E-state index in [0.29, 0.717) is 27.8 Å². The van der Waals surface area contributed by atoms with Gasteiger partial charge in [-0.15, -0.1) is 0 Å². The maximum atomic E-state index is 14.8. The molecule has 0 aliphatic heterocycles. The van der Waals surface area contributed by atoms with Gasteiger partial charge in [-0.2, -0.15) is 0 Å². The van der Waals surface area contributed by atoms with Crippen molar-refractivity contribution in [2.24, 2.45) is 0 Å². The van der Waals surface area contributed by atoms with Crippen LogP contribution in [0.4, 0.5) is 0 Å². The van der Waals surface area contributed by atoms with Crippen molar-refractivity contribution in [3.8, 4) is 0 Å². The second-order valence-corrected chi connectivity index (χ2v) is 13.2. The van der Waals surface area contributed by atoms with E-state index in [2.05, 4.69) is 6.58 Å². The molecular weight excluding hydrogens is 595 g/mol. The summed E-state index contributed by atoms with van der Waals surface area (Å²) in [5.74, 6) is -1.92. The lowest BCUT2D eigenvalue weighted by Gasteiger charge is -2.21. The molecule has 3 aromatic rings. The van der Waals surface area contributed by atoms with E-state index in [1.807, 2.05) is 19.1 Å². The summed E-state index contributed by atoms with van der Waals surface area (Å²) < 4.78 is 29.7. The van der Waals surface area contributed by atoms with Crippen LogP contribution in [0.3, 0.4) is 0 Å². The van der Waals surface area contributed by atoms with E-state index in [0.717, 1.165) is 11.6 Å². The highest BCUT2D eigenvalue weighted by Crippen LogP contribution is 2.52. The monoisotopic (exact) mass is 632 g/mol. The van der Waals surface area contributed by atoms with Crippen molar-refractivity contribution in [2.45, 2.75) is 54.1 Å². The summed E-state index contributed by atoms with van der Waals surface area (Å²) >= 11 is 0. The lowest BCUT2D eigenvalue weighted by molar-refractivity contribution is -0.153. The largest absolute Gasteiger partial charge is 0.462 e. The Labute approximate surface area is 262 Å². The third kappa shape index (κ3) is 8.52. The Kier molecular flexibility index (Phi) is 11.9. The third-order valence-corrected chi connectivity index (χ3v) is 9.70. The number of benzene rings is 3. The summed E-state index contributed by atoms with van der Waals surface area (Å²) in [4.78, 5) is 63.4. The average molecular weight is 633 g/mol. The summed E-state index contributed by atoms with van der Waals surface area (Å²) in [5, 5.41) is 0.160. The second kappa shape index (κ2) is 15.4. The molecule has 1 atom stereocenters. The van der Waals surface area contributed by atoms with Crippen LogP contribution in [0.1, 0.15) is 66.9 Å². The zero-order valence-electron chi connectivity index (χ0n) is 26.1. The molecule has 0 heterocycles. The molecule has 0 spiro atoms. The van der Waals surface area contributed by atoms with Crippen LogP contribution in [-0.4, -0.2) is 42.2 Å². The lowest BCUT2D eigenvalue weighted by atomic mass is 10.0. The van der Waals surface area contributed by atoms with Gasteiger partial charge >= 0.3 is 17.9 Å². The molecule has 0 aliphatic carbocycles. The topological polar surface area (TPSA) is 130 Å². The molecule has 0 saturated heterocycles. The number of carbonyl (C=O) groups excluding carboxylic acids is 5. The zero-order chi connectivity index (χ0) is 33.3. The Bertz CT molecular complexity index is 1640. The van der Waals surface area contributed by atoms with Crippen molar-refractivity contribution in [2.75, 3.05) is 13.2 Å². The molecule has 0 bridgehead atoms. The number of ether oxygens (including phenoxy) is 3. The Hall–Kier alpha value is -4.62. The van der Waals surface area contributed by atoms with E-state index < -0.39 is 36.1 Å². The molecule has 9 nitrogen and oxygen atoms in total. The van der Waals surface area contributed by atoms with Gasteiger partial charge in [0.2, 0.25) is 18.2 Å². The van der Waals surface area contributed by atoms with Crippen LogP contribution >= 0.6 is 7.14 Å². The van der Waals surface area contributed by atoms with Crippen molar-refractivity contribution in [1.29, 1.82) is 0 Å². The van der Waals surface area contributed by atoms with Crippen LogP contribution in [0, 0.1) is 34.6 Å². The highest BCUT2D eigenvalue weighted by atomic mass is 31.2. The molecule has 0 saturated carbocycles. The number of carbonyl (C=O) groups is 5. The molecule has 0 amide bonds. The Morgan fingerprint density at radius 2 is 1.16 bits per heavy atom. The van der Waals surface area contributed by atoms with Gasteiger partial charge in [0.25, 0.3) is 0 Å². The Morgan fingerprint density at radius 1 is 0.689 bits per heavy atom. The molecule has 236 valence electrons. The van der Waals surface area contributed by atoms with Crippen molar-refractivity contribution >= 4 is 41.4 Å². The predicted molar refractivity (Wildman–Crippen MR) is 170 cm³/mol. The molecule has 0 fully saturated rings. The fourth-order valence-corrected chi connectivity index (χ4v) is 7.72. The molecule has 3 rings (SSSR count). The minimum absolute atomic E-state index is 0.126. The smallest absolute Gasteiger partial charge is 0.330 e. The van der Waals surface area contributed by atoms with Crippen molar-refractivity contribution in [3.63, 3.8) is 0 Å². The van der Waals surface area contributed by atoms with Crippen LogP contribution < -0.4 is 5.30 Å². The fraction of sp³-hybridized carbons (Fsp3) is 0.286. The van der Waals surface area contributed by atoms with Crippen molar-refractivity contribution in [3.05, 3.63) is 112 Å². The number of aryl methyl sites for hydroxylation is 5. The summed E-state index contributed by atoms with van der Waals surface area (Å²) in [6, 6.07) is 15.1. The molecule has 45 heavy (non-hydrogen) atoms. The lowest BCUT2D eigenvalue weighted by Crippen LogP contribution is -2.23. The van der Waals surface area contributed by atoms with Crippen LogP contribution in [0.2, 0.25) is 0 Å². The van der Waals surface area contributed by atoms with Crippen LogP contribution in [0.25, 0.3) is 0 Å². The number of rotatable bonds is 14. The predicted octanol–water partition coefficient (Wildman–Crippen LogP) is 5.99. The molecule has 0 N–H and O–H groups in total. The van der Waals surface area contributed by atoms with Gasteiger partial charge in [-0.05, 0) is 62.4 Å². The van der Waals surface area contributed by atoms with E-state index >= 15 is 0 Å². The zero-order valence-corrected chi connectivity index (χ0v) is 27.0. The molecule has 3 aromatic carbocycles. The molecule has 0 aliphatic rings. The van der Waals surface area contributed by atoms with E-state index in [9.17, 15) is 28.5 Å². The first-order valence-corrected chi connectivity index (χ1v) is 16.0. The number of esters is 3. The van der Waals surface area contributed by atoms with Gasteiger partial charge in [0.05, 0.1) is 12.8 Å². The quantitative estimate of drug-likeness (QED) is 0.0691. The van der Waals surface area contributed by atoms with Crippen molar-refractivity contribution in [1.82, 2.24) is 0 Å². The van der Waals surface area contributed by atoms with Crippen molar-refractivity contribution < 1.29 is 42.7 Å². The summed E-state index contributed by atoms with van der Waals surface area (Å²) in [6.45, 7) is 11.7. The minimum Gasteiger partial charge on any atom is -0.462 e. The Balaban J connectivity index is 1.77. The van der Waals surface area contributed by atoms with Gasteiger partial charge in [-0.3, -0.25) is 19.2 Å². The summed E-state index contributed by atoms with van der Waals surface area (Å²) in [6.07, 6.45) is 0.549. The average Bonchev–Trinajstić information content (AvgIpc) is 2.99. The minimum atomic E-state index is -4.34. The van der Waals surface area contributed by atoms with Gasteiger partial charge in [-0.25, -0.2) is 4.79 Å². The van der Waals surface area contributed by atoms with E-state index in [-0.39, 0.29) is 49.1 Å². The molecule has 0 radical (unpaired) electrons. The third-order valence-electron chi connectivity index (χ3n) is 7.08. The standard InChI is InChI=1S/C35H37O9P/c1-7-29(36)42-15-16-43-30(37)13-14-31(38)44-21-27-19-25(5)33(26(6)20-27)35(40)45(41,28-11-9-8-10-12-28)34(39)32-23(3)17-22(2)18-24(32)4/h7-12,17-20H,1,13-16,21H2,2-6H3.